The lowest BCUT2D eigenvalue weighted by Gasteiger charge is -2.10. The number of sulfonamides is 1. The molecule has 1 aromatic rings. The quantitative estimate of drug-likeness (QED) is 0.597. The molecule has 0 aromatic heterocycles. The van der Waals surface area contributed by atoms with Gasteiger partial charge in [-0.05, 0) is 43.0 Å². The Morgan fingerprint density at radius 1 is 1.33 bits per heavy atom. The normalized spacial score (nSPS) is 11.3. The van der Waals surface area contributed by atoms with Gasteiger partial charge in [0.05, 0.1) is 10.5 Å². The van der Waals surface area contributed by atoms with Crippen molar-refractivity contribution in [3.63, 3.8) is 0 Å². The molecular formula is C13H20N2O4S2. The van der Waals surface area contributed by atoms with Crippen LogP contribution < -0.4 is 10.5 Å². The van der Waals surface area contributed by atoms with Crippen LogP contribution in [0.2, 0.25) is 0 Å². The summed E-state index contributed by atoms with van der Waals surface area (Å²) in [5, 5.41) is 17.2. The van der Waals surface area contributed by atoms with E-state index in [4.69, 9.17) is 10.2 Å². The number of carboxylic acid groups (broad SMARTS) is 1. The van der Waals surface area contributed by atoms with Crippen molar-refractivity contribution in [1.82, 2.24) is 0 Å². The summed E-state index contributed by atoms with van der Waals surface area (Å²) in [4.78, 5) is 11.0. The lowest BCUT2D eigenvalue weighted by Crippen LogP contribution is -2.14. The lowest BCUT2D eigenvalue weighted by atomic mass is 10.1. The van der Waals surface area contributed by atoms with Crippen LogP contribution in [0.4, 0.5) is 5.69 Å². The molecule has 0 amide bonds. The van der Waals surface area contributed by atoms with Gasteiger partial charge in [0, 0.05) is 12.2 Å². The number of anilines is 1. The fraction of sp³-hybridized carbons (Fsp3) is 0.462. The first-order valence-corrected chi connectivity index (χ1v) is 9.43. The maximum Gasteiger partial charge on any atom is 0.337 e. The number of aromatic carboxylic acids is 1. The van der Waals surface area contributed by atoms with Crippen molar-refractivity contribution < 1.29 is 18.3 Å². The summed E-state index contributed by atoms with van der Waals surface area (Å²) < 4.78 is 22.5. The molecular weight excluding hydrogens is 312 g/mol. The average Bonchev–Trinajstić information content (AvgIpc) is 2.41. The minimum Gasteiger partial charge on any atom is -0.478 e. The molecule has 118 valence electrons. The average molecular weight is 332 g/mol. The number of primary sulfonamides is 1. The molecule has 0 bridgehead atoms. The number of hydrogen-bond acceptors (Lipinski definition) is 5. The van der Waals surface area contributed by atoms with E-state index in [0.29, 0.717) is 12.2 Å². The molecule has 0 spiro atoms. The molecule has 0 heterocycles. The molecule has 0 unspecified atom stereocenters. The molecule has 0 aliphatic carbocycles. The minimum absolute atomic E-state index is 0.0920. The highest BCUT2D eigenvalue weighted by atomic mass is 32.2. The van der Waals surface area contributed by atoms with Gasteiger partial charge in [-0.1, -0.05) is 6.42 Å². The van der Waals surface area contributed by atoms with Crippen LogP contribution >= 0.6 is 11.8 Å². The van der Waals surface area contributed by atoms with Crippen LogP contribution in [0.15, 0.2) is 23.1 Å². The maximum atomic E-state index is 11.2. The standard InChI is InChI=1S/C13H20N2O4S2/c1-20-8-4-2-3-7-15-12-6-5-10(21(14,18)19)9-11(12)13(16)17/h5-6,9,15H,2-4,7-8H2,1H3,(H,16,17)(H2,14,18,19). The Hall–Kier alpha value is -1.25. The number of nitrogens with two attached hydrogens (primary N) is 1. The third-order valence-electron chi connectivity index (χ3n) is 2.89. The van der Waals surface area contributed by atoms with E-state index in [9.17, 15) is 13.2 Å². The molecule has 8 heteroatoms. The van der Waals surface area contributed by atoms with Crippen LogP contribution in [0.25, 0.3) is 0 Å². The molecule has 0 aliphatic heterocycles. The Morgan fingerprint density at radius 3 is 2.62 bits per heavy atom. The largest absolute Gasteiger partial charge is 0.478 e. The van der Waals surface area contributed by atoms with Crippen molar-refractivity contribution in [2.24, 2.45) is 5.14 Å². The van der Waals surface area contributed by atoms with Gasteiger partial charge in [0.1, 0.15) is 0 Å². The van der Waals surface area contributed by atoms with Crippen molar-refractivity contribution in [1.29, 1.82) is 0 Å². The monoisotopic (exact) mass is 332 g/mol. The Morgan fingerprint density at radius 2 is 2.05 bits per heavy atom. The molecule has 1 aromatic carbocycles. The van der Waals surface area contributed by atoms with Gasteiger partial charge in [0.15, 0.2) is 0 Å². The number of carboxylic acids is 1. The number of benzene rings is 1. The van der Waals surface area contributed by atoms with Crippen LogP contribution in [0, 0.1) is 0 Å². The molecule has 4 N–H and O–H groups in total. The molecule has 21 heavy (non-hydrogen) atoms. The third-order valence-corrected chi connectivity index (χ3v) is 4.50. The van der Waals surface area contributed by atoms with E-state index < -0.39 is 16.0 Å². The second-order valence-electron chi connectivity index (χ2n) is 4.54. The van der Waals surface area contributed by atoms with Crippen molar-refractivity contribution in [3.05, 3.63) is 23.8 Å². The highest BCUT2D eigenvalue weighted by Crippen LogP contribution is 2.20. The van der Waals surface area contributed by atoms with Gasteiger partial charge >= 0.3 is 5.97 Å². The first-order chi connectivity index (χ1) is 9.86. The third kappa shape index (κ3) is 5.94. The number of rotatable bonds is 9. The Balaban J connectivity index is 2.72. The van der Waals surface area contributed by atoms with Crippen LogP contribution in [-0.2, 0) is 10.0 Å². The first-order valence-electron chi connectivity index (χ1n) is 6.49. The molecule has 0 saturated carbocycles. The second kappa shape index (κ2) is 8.26. The van der Waals surface area contributed by atoms with E-state index in [1.807, 2.05) is 0 Å². The van der Waals surface area contributed by atoms with Gasteiger partial charge in [0.25, 0.3) is 0 Å². The highest BCUT2D eigenvalue weighted by molar-refractivity contribution is 7.98. The fourth-order valence-corrected chi connectivity index (χ4v) is 2.84. The van der Waals surface area contributed by atoms with Crippen molar-refractivity contribution in [2.75, 3.05) is 23.9 Å². The number of unbranched alkanes of at least 4 members (excludes halogenated alkanes) is 2. The summed E-state index contributed by atoms with van der Waals surface area (Å²) in [6.45, 7) is 0.642. The summed E-state index contributed by atoms with van der Waals surface area (Å²) >= 11 is 1.80. The Bertz CT molecular complexity index is 588. The van der Waals surface area contributed by atoms with E-state index >= 15 is 0 Å². The molecule has 0 aliphatic rings. The summed E-state index contributed by atoms with van der Waals surface area (Å²) in [7, 11) is -3.90. The SMILES string of the molecule is CSCCCCCNc1ccc(S(N)(=O)=O)cc1C(=O)O. The highest BCUT2D eigenvalue weighted by Gasteiger charge is 2.15. The van der Waals surface area contributed by atoms with Crippen LogP contribution in [0.1, 0.15) is 29.6 Å². The van der Waals surface area contributed by atoms with Crippen LogP contribution in [-0.4, -0.2) is 38.0 Å². The van der Waals surface area contributed by atoms with Crippen LogP contribution in [0.3, 0.4) is 0 Å². The number of carbonyl (C=O) groups is 1. The lowest BCUT2D eigenvalue weighted by molar-refractivity contribution is 0.0697. The number of nitrogens with one attached hydrogen (secondary N) is 1. The van der Waals surface area contributed by atoms with Gasteiger partial charge in [-0.15, -0.1) is 0 Å². The molecule has 1 rings (SSSR count). The van der Waals surface area contributed by atoms with Crippen molar-refractivity contribution >= 4 is 33.4 Å². The Kier molecular flexibility index (Phi) is 7.00. The minimum atomic E-state index is -3.90. The van der Waals surface area contributed by atoms with Gasteiger partial charge in [-0.25, -0.2) is 18.4 Å². The fourth-order valence-electron chi connectivity index (χ4n) is 1.80. The molecule has 6 nitrogen and oxygen atoms in total. The van der Waals surface area contributed by atoms with E-state index in [1.54, 1.807) is 11.8 Å². The zero-order valence-corrected chi connectivity index (χ0v) is 13.5. The van der Waals surface area contributed by atoms with Crippen LogP contribution in [0.5, 0.6) is 0 Å². The number of hydrogen-bond donors (Lipinski definition) is 3. The maximum absolute atomic E-state index is 11.2. The topological polar surface area (TPSA) is 109 Å². The van der Waals surface area contributed by atoms with Gasteiger partial charge in [-0.3, -0.25) is 0 Å². The van der Waals surface area contributed by atoms with Gasteiger partial charge in [-0.2, -0.15) is 11.8 Å². The second-order valence-corrected chi connectivity index (χ2v) is 7.08. The summed E-state index contributed by atoms with van der Waals surface area (Å²) in [5.74, 6) is -0.0749. The van der Waals surface area contributed by atoms with E-state index in [2.05, 4.69) is 11.6 Å². The molecule has 0 fully saturated rings. The molecule has 0 radical (unpaired) electrons. The zero-order valence-electron chi connectivity index (χ0n) is 11.8. The summed E-state index contributed by atoms with van der Waals surface area (Å²) in [5.41, 5.74) is 0.311. The number of thioether (sulfide) groups is 1. The van der Waals surface area contributed by atoms with E-state index in [1.165, 1.54) is 12.1 Å². The summed E-state index contributed by atoms with van der Waals surface area (Å²) in [6, 6.07) is 3.82. The molecule has 0 atom stereocenters. The predicted molar refractivity (Wildman–Crippen MR) is 85.5 cm³/mol. The predicted octanol–water partition coefficient (Wildman–Crippen LogP) is 1.98. The van der Waals surface area contributed by atoms with Crippen molar-refractivity contribution in [2.45, 2.75) is 24.2 Å². The van der Waals surface area contributed by atoms with Crippen molar-refractivity contribution in [3.8, 4) is 0 Å². The van der Waals surface area contributed by atoms with E-state index in [0.717, 1.165) is 31.1 Å². The first kappa shape index (κ1) is 17.8. The smallest absolute Gasteiger partial charge is 0.337 e. The van der Waals surface area contributed by atoms with Gasteiger partial charge in [0.2, 0.25) is 10.0 Å². The van der Waals surface area contributed by atoms with E-state index in [-0.39, 0.29) is 10.5 Å². The Labute approximate surface area is 129 Å². The molecule has 0 saturated heterocycles. The zero-order chi connectivity index (χ0) is 15.9. The summed E-state index contributed by atoms with van der Waals surface area (Å²) in [6.07, 6.45) is 5.17. The van der Waals surface area contributed by atoms with Gasteiger partial charge < -0.3 is 10.4 Å².